The Bertz CT molecular complexity index is 1110. The van der Waals surface area contributed by atoms with Gasteiger partial charge in [-0.1, -0.05) is 0 Å². The van der Waals surface area contributed by atoms with Crippen molar-refractivity contribution in [2.45, 2.75) is 26.8 Å². The van der Waals surface area contributed by atoms with Crippen LogP contribution in [0.3, 0.4) is 0 Å². The second kappa shape index (κ2) is 6.18. The van der Waals surface area contributed by atoms with Gasteiger partial charge in [0.25, 0.3) is 5.91 Å². The summed E-state index contributed by atoms with van der Waals surface area (Å²) in [5, 5.41) is 12.1. The fourth-order valence-electron chi connectivity index (χ4n) is 2.88. The van der Waals surface area contributed by atoms with Gasteiger partial charge >= 0.3 is 0 Å². The number of hydrogen-bond acceptors (Lipinski definition) is 5. The largest absolute Gasteiger partial charge is 0.326 e. The van der Waals surface area contributed by atoms with Crippen molar-refractivity contribution in [1.29, 1.82) is 0 Å². The van der Waals surface area contributed by atoms with E-state index in [0.29, 0.717) is 16.9 Å². The summed E-state index contributed by atoms with van der Waals surface area (Å²) in [6, 6.07) is 9.31. The lowest BCUT2D eigenvalue weighted by atomic mass is 10.1. The van der Waals surface area contributed by atoms with Gasteiger partial charge in [0.1, 0.15) is 0 Å². The van der Waals surface area contributed by atoms with Crippen molar-refractivity contribution in [1.82, 2.24) is 24.7 Å². The maximum absolute atomic E-state index is 12.6. The highest BCUT2D eigenvalue weighted by Crippen LogP contribution is 2.25. The number of rotatable bonds is 3. The predicted molar refractivity (Wildman–Crippen MR) is 100 cm³/mol. The summed E-state index contributed by atoms with van der Waals surface area (Å²) < 4.78 is 2.04. The molecule has 1 N–H and O–H groups in total. The van der Waals surface area contributed by atoms with E-state index in [-0.39, 0.29) is 11.9 Å². The summed E-state index contributed by atoms with van der Waals surface area (Å²) >= 11 is 0. The van der Waals surface area contributed by atoms with Crippen LogP contribution in [0.2, 0.25) is 0 Å². The molecule has 4 rings (SSSR count). The van der Waals surface area contributed by atoms with E-state index in [1.54, 1.807) is 18.6 Å². The molecule has 0 aliphatic rings. The van der Waals surface area contributed by atoms with Gasteiger partial charge in [-0.05, 0) is 51.1 Å². The molecule has 0 bridgehead atoms. The molecule has 0 unspecified atom stereocenters. The van der Waals surface area contributed by atoms with Crippen LogP contribution < -0.4 is 5.32 Å². The van der Waals surface area contributed by atoms with Gasteiger partial charge in [0.2, 0.25) is 5.65 Å². The minimum absolute atomic E-state index is 0.196. The Morgan fingerprint density at radius 1 is 1.12 bits per heavy atom. The van der Waals surface area contributed by atoms with Crippen molar-refractivity contribution in [3.63, 3.8) is 0 Å². The summed E-state index contributed by atoms with van der Waals surface area (Å²) in [6.45, 7) is 6.06. The minimum Gasteiger partial charge on any atom is -0.326 e. The van der Waals surface area contributed by atoms with Crippen LogP contribution in [0.5, 0.6) is 0 Å². The zero-order valence-electron chi connectivity index (χ0n) is 14.8. The Kier molecular flexibility index (Phi) is 3.84. The molecule has 0 atom stereocenters. The lowest BCUT2D eigenvalue weighted by molar-refractivity contribution is 0.102. The third-order valence-electron chi connectivity index (χ3n) is 4.27. The molecular formula is C19H18N6O. The van der Waals surface area contributed by atoms with Crippen LogP contribution in [0.1, 0.15) is 35.9 Å². The van der Waals surface area contributed by atoms with Crippen LogP contribution in [0.4, 0.5) is 5.69 Å². The highest BCUT2D eigenvalue weighted by Gasteiger charge is 2.14. The number of imidazole rings is 1. The van der Waals surface area contributed by atoms with Gasteiger partial charge in [-0.25, -0.2) is 4.98 Å². The standard InChI is InChI=1S/C19H18N6O/c1-11(2)25-10-21-18-17(25)15-8-13(5-7-16(15)23-24-18)19(26)22-14-6-4-12(3)20-9-14/h4-11H,1-3H3,(H,22,26). The number of aromatic nitrogens is 5. The maximum atomic E-state index is 12.6. The van der Waals surface area contributed by atoms with Gasteiger partial charge in [0.05, 0.1) is 29.2 Å². The molecule has 0 spiro atoms. The average Bonchev–Trinajstić information content (AvgIpc) is 3.08. The SMILES string of the molecule is Cc1ccc(NC(=O)c2ccc3nnc4ncn(C(C)C)c4c3c2)cn1. The number of nitrogens with zero attached hydrogens (tertiary/aromatic N) is 5. The number of benzene rings is 1. The molecule has 0 fully saturated rings. The van der Waals surface area contributed by atoms with Gasteiger partial charge in [-0.3, -0.25) is 9.78 Å². The first-order valence-electron chi connectivity index (χ1n) is 8.40. The normalized spacial score (nSPS) is 11.4. The van der Waals surface area contributed by atoms with E-state index < -0.39 is 0 Å². The molecule has 7 nitrogen and oxygen atoms in total. The van der Waals surface area contributed by atoms with E-state index in [9.17, 15) is 4.79 Å². The van der Waals surface area contributed by atoms with Crippen molar-refractivity contribution >= 4 is 33.7 Å². The lowest BCUT2D eigenvalue weighted by Crippen LogP contribution is -2.12. The molecule has 3 aromatic heterocycles. The highest BCUT2D eigenvalue weighted by molar-refractivity contribution is 6.09. The Morgan fingerprint density at radius 2 is 1.96 bits per heavy atom. The van der Waals surface area contributed by atoms with Gasteiger partial charge < -0.3 is 9.88 Å². The quantitative estimate of drug-likeness (QED) is 0.613. The number of anilines is 1. The number of carbonyl (C=O) groups is 1. The van der Waals surface area contributed by atoms with Gasteiger partial charge in [-0.15, -0.1) is 10.2 Å². The summed E-state index contributed by atoms with van der Waals surface area (Å²) in [7, 11) is 0. The smallest absolute Gasteiger partial charge is 0.255 e. The fourth-order valence-corrected chi connectivity index (χ4v) is 2.88. The minimum atomic E-state index is -0.196. The fraction of sp³-hybridized carbons (Fsp3) is 0.211. The number of amides is 1. The molecule has 1 aromatic carbocycles. The second-order valence-electron chi connectivity index (χ2n) is 6.49. The maximum Gasteiger partial charge on any atom is 0.255 e. The van der Waals surface area contributed by atoms with Gasteiger partial charge in [0.15, 0.2) is 0 Å². The third kappa shape index (κ3) is 2.77. The van der Waals surface area contributed by atoms with Crippen molar-refractivity contribution in [3.8, 4) is 0 Å². The molecule has 4 aromatic rings. The van der Waals surface area contributed by atoms with Crippen LogP contribution in [0.25, 0.3) is 22.1 Å². The summed E-state index contributed by atoms with van der Waals surface area (Å²) in [5.74, 6) is -0.196. The zero-order chi connectivity index (χ0) is 18.3. The molecule has 0 radical (unpaired) electrons. The number of nitrogens with one attached hydrogen (secondary N) is 1. The molecule has 26 heavy (non-hydrogen) atoms. The van der Waals surface area contributed by atoms with E-state index >= 15 is 0 Å². The molecule has 0 aliphatic carbocycles. The van der Waals surface area contributed by atoms with Crippen LogP contribution in [-0.4, -0.2) is 30.6 Å². The number of hydrogen-bond donors (Lipinski definition) is 1. The lowest BCUT2D eigenvalue weighted by Gasteiger charge is -2.10. The Morgan fingerprint density at radius 3 is 2.69 bits per heavy atom. The van der Waals surface area contributed by atoms with Crippen molar-refractivity contribution in [3.05, 3.63) is 54.1 Å². The number of fused-ring (bicyclic) bond motifs is 3. The number of aryl methyl sites for hydroxylation is 1. The molecule has 0 saturated heterocycles. The summed E-state index contributed by atoms with van der Waals surface area (Å²) in [4.78, 5) is 21.2. The van der Waals surface area contributed by atoms with Crippen molar-refractivity contribution < 1.29 is 4.79 Å². The molecule has 0 aliphatic heterocycles. The number of carbonyl (C=O) groups excluding carboxylic acids is 1. The average molecular weight is 346 g/mol. The summed E-state index contributed by atoms with van der Waals surface area (Å²) in [6.07, 6.45) is 3.40. The first kappa shape index (κ1) is 16.1. The molecular weight excluding hydrogens is 328 g/mol. The molecule has 0 saturated carbocycles. The van der Waals surface area contributed by atoms with Gasteiger partial charge in [-0.2, -0.15) is 0 Å². The van der Waals surface area contributed by atoms with Crippen molar-refractivity contribution in [2.75, 3.05) is 5.32 Å². The predicted octanol–water partition coefficient (Wildman–Crippen LogP) is 3.52. The topological polar surface area (TPSA) is 85.6 Å². The zero-order valence-corrected chi connectivity index (χ0v) is 14.8. The number of pyridine rings is 1. The Balaban J connectivity index is 1.78. The summed E-state index contributed by atoms with van der Waals surface area (Å²) in [5.41, 5.74) is 4.29. The van der Waals surface area contributed by atoms with E-state index in [1.807, 2.05) is 35.8 Å². The third-order valence-corrected chi connectivity index (χ3v) is 4.27. The van der Waals surface area contributed by atoms with Crippen LogP contribution in [-0.2, 0) is 0 Å². The molecule has 7 heteroatoms. The van der Waals surface area contributed by atoms with E-state index in [4.69, 9.17) is 0 Å². The van der Waals surface area contributed by atoms with E-state index in [2.05, 4.69) is 39.3 Å². The van der Waals surface area contributed by atoms with Crippen LogP contribution in [0.15, 0.2) is 42.9 Å². The Labute approximate surface area is 150 Å². The van der Waals surface area contributed by atoms with Crippen LogP contribution >= 0.6 is 0 Å². The molecule has 130 valence electrons. The van der Waals surface area contributed by atoms with Crippen LogP contribution in [0, 0.1) is 6.92 Å². The van der Waals surface area contributed by atoms with E-state index in [0.717, 1.165) is 22.1 Å². The van der Waals surface area contributed by atoms with Crippen molar-refractivity contribution in [2.24, 2.45) is 0 Å². The Hall–Kier alpha value is -3.35. The monoisotopic (exact) mass is 346 g/mol. The molecule has 3 heterocycles. The van der Waals surface area contributed by atoms with Gasteiger partial charge in [0, 0.05) is 22.7 Å². The highest BCUT2D eigenvalue weighted by atomic mass is 16.1. The van der Waals surface area contributed by atoms with E-state index in [1.165, 1.54) is 0 Å². The second-order valence-corrected chi connectivity index (χ2v) is 6.49. The first-order chi connectivity index (χ1) is 12.5. The first-order valence-corrected chi connectivity index (χ1v) is 8.40. The molecule has 1 amide bonds.